The fourth-order valence-electron chi connectivity index (χ4n) is 2.84. The topological polar surface area (TPSA) is 120 Å². The van der Waals surface area contributed by atoms with E-state index in [2.05, 4.69) is 10.1 Å². The van der Waals surface area contributed by atoms with Gasteiger partial charge in [0, 0.05) is 24.5 Å². The zero-order valence-corrected chi connectivity index (χ0v) is 14.1. The number of aliphatic hydroxyl groups is 1. The summed E-state index contributed by atoms with van der Waals surface area (Å²) < 4.78 is 26.2. The summed E-state index contributed by atoms with van der Waals surface area (Å²) in [6, 6.07) is 6.17. The normalized spacial score (nSPS) is 16.8. The summed E-state index contributed by atoms with van der Waals surface area (Å²) in [5, 5.41) is 12.7. The molecule has 2 aromatic heterocycles. The molecule has 1 aliphatic rings. The van der Waals surface area contributed by atoms with Gasteiger partial charge in [-0.1, -0.05) is 5.16 Å². The Morgan fingerprint density at radius 3 is 2.89 bits per heavy atom. The van der Waals surface area contributed by atoms with Gasteiger partial charge in [-0.05, 0) is 24.3 Å². The number of cyclic esters (lactones) is 1. The number of nitrogens with two attached hydrogens (primary N) is 1. The van der Waals surface area contributed by atoms with Gasteiger partial charge in [-0.3, -0.25) is 4.90 Å². The molecule has 10 heteroatoms. The van der Waals surface area contributed by atoms with Gasteiger partial charge in [-0.2, -0.15) is 4.98 Å². The molecule has 1 saturated heterocycles. The highest BCUT2D eigenvalue weighted by molar-refractivity contribution is 5.89. The third kappa shape index (κ3) is 3.15. The van der Waals surface area contributed by atoms with Crippen LogP contribution in [-0.4, -0.2) is 45.1 Å². The molecule has 0 saturated carbocycles. The highest BCUT2D eigenvalue weighted by Gasteiger charge is 2.31. The molecular weight excluding hydrogens is 357 g/mol. The van der Waals surface area contributed by atoms with Gasteiger partial charge in [0.1, 0.15) is 18.5 Å². The van der Waals surface area contributed by atoms with Crippen LogP contribution in [0.2, 0.25) is 0 Å². The minimum absolute atomic E-state index is 0.0987. The Morgan fingerprint density at radius 1 is 1.37 bits per heavy atom. The summed E-state index contributed by atoms with van der Waals surface area (Å²) in [5.74, 6) is -0.119. The van der Waals surface area contributed by atoms with E-state index < -0.39 is 18.0 Å². The highest BCUT2D eigenvalue weighted by Crippen LogP contribution is 2.26. The van der Waals surface area contributed by atoms with Crippen LogP contribution in [0.1, 0.15) is 5.89 Å². The minimum atomic E-state index is -0.544. The Hall–Kier alpha value is -3.24. The number of carbonyl (C=O) groups excluding carboxylic acids is 1. The van der Waals surface area contributed by atoms with Crippen molar-refractivity contribution >= 4 is 11.8 Å². The molecule has 3 N–H and O–H groups in total. The Morgan fingerprint density at radius 2 is 2.22 bits per heavy atom. The van der Waals surface area contributed by atoms with Crippen molar-refractivity contribution in [1.82, 2.24) is 14.7 Å². The number of hydrogen-bond acceptors (Lipinski definition) is 7. The van der Waals surface area contributed by atoms with E-state index in [9.17, 15) is 9.18 Å². The first-order valence-electron chi connectivity index (χ1n) is 8.19. The number of anilines is 1. The predicted octanol–water partition coefficient (Wildman–Crippen LogP) is 1.44. The van der Waals surface area contributed by atoms with E-state index in [0.717, 1.165) is 0 Å². The fraction of sp³-hybridized carbons (Fsp3) is 0.235. The summed E-state index contributed by atoms with van der Waals surface area (Å²) in [5.41, 5.74) is 6.81. The van der Waals surface area contributed by atoms with Gasteiger partial charge in [0.2, 0.25) is 5.82 Å². The van der Waals surface area contributed by atoms with E-state index in [1.54, 1.807) is 35.2 Å². The van der Waals surface area contributed by atoms with Crippen molar-refractivity contribution in [2.24, 2.45) is 5.73 Å². The molecule has 3 heterocycles. The molecule has 1 aromatic carbocycles. The molecule has 0 radical (unpaired) electrons. The first-order valence-corrected chi connectivity index (χ1v) is 8.19. The maximum Gasteiger partial charge on any atom is 0.414 e. The van der Waals surface area contributed by atoms with Crippen LogP contribution in [-0.2, 0) is 11.3 Å². The monoisotopic (exact) mass is 373 g/mol. The van der Waals surface area contributed by atoms with Gasteiger partial charge in [-0.15, -0.1) is 0 Å². The molecule has 9 nitrogen and oxygen atoms in total. The Kier molecular flexibility index (Phi) is 4.34. The lowest BCUT2D eigenvalue weighted by molar-refractivity contribution is 0.145. The minimum Gasteiger partial charge on any atom is -0.443 e. The average Bonchev–Trinajstić information content (AvgIpc) is 3.40. The molecule has 0 aliphatic carbocycles. The average molecular weight is 373 g/mol. The van der Waals surface area contributed by atoms with E-state index in [4.69, 9.17) is 20.1 Å². The van der Waals surface area contributed by atoms with Crippen LogP contribution in [0.4, 0.5) is 14.9 Å². The molecule has 1 atom stereocenters. The van der Waals surface area contributed by atoms with Crippen molar-refractivity contribution in [2.45, 2.75) is 12.7 Å². The van der Waals surface area contributed by atoms with Crippen LogP contribution in [0.25, 0.3) is 17.1 Å². The summed E-state index contributed by atoms with van der Waals surface area (Å²) in [6.45, 7) is 0.142. The molecule has 0 bridgehead atoms. The van der Waals surface area contributed by atoms with Gasteiger partial charge in [0.15, 0.2) is 0 Å². The second-order valence-corrected chi connectivity index (χ2v) is 5.97. The number of benzene rings is 1. The van der Waals surface area contributed by atoms with E-state index in [-0.39, 0.29) is 25.6 Å². The summed E-state index contributed by atoms with van der Waals surface area (Å²) in [4.78, 5) is 17.2. The maximum absolute atomic E-state index is 14.7. The van der Waals surface area contributed by atoms with Gasteiger partial charge < -0.3 is 24.7 Å². The van der Waals surface area contributed by atoms with Crippen molar-refractivity contribution in [3.8, 4) is 17.1 Å². The fourth-order valence-corrected chi connectivity index (χ4v) is 2.84. The second-order valence-electron chi connectivity index (χ2n) is 5.97. The molecule has 0 spiro atoms. The second kappa shape index (κ2) is 6.82. The largest absolute Gasteiger partial charge is 0.443 e. The quantitative estimate of drug-likeness (QED) is 0.694. The number of hydrogen-bond donors (Lipinski definition) is 2. The lowest BCUT2D eigenvalue weighted by atomic mass is 10.2. The van der Waals surface area contributed by atoms with E-state index in [1.165, 1.54) is 11.0 Å². The van der Waals surface area contributed by atoms with Crippen molar-refractivity contribution in [1.29, 1.82) is 0 Å². The molecule has 1 fully saturated rings. The van der Waals surface area contributed by atoms with Gasteiger partial charge in [-0.25, -0.2) is 9.18 Å². The van der Waals surface area contributed by atoms with Crippen molar-refractivity contribution in [3.05, 3.63) is 48.4 Å². The Labute approximate surface area is 152 Å². The molecule has 1 amide bonds. The number of aromatic nitrogens is 3. The lowest BCUT2D eigenvalue weighted by Gasteiger charge is -2.14. The number of amides is 1. The van der Waals surface area contributed by atoms with Crippen molar-refractivity contribution < 1.29 is 23.6 Å². The number of rotatable bonds is 5. The van der Waals surface area contributed by atoms with Gasteiger partial charge in [0.05, 0.1) is 17.9 Å². The van der Waals surface area contributed by atoms with Crippen molar-refractivity contribution in [2.75, 3.05) is 18.0 Å². The smallest absolute Gasteiger partial charge is 0.414 e. The van der Waals surface area contributed by atoms with E-state index >= 15 is 0 Å². The molecule has 0 unspecified atom stereocenters. The van der Waals surface area contributed by atoms with Crippen LogP contribution in [0, 0.1) is 5.82 Å². The lowest BCUT2D eigenvalue weighted by Crippen LogP contribution is -2.27. The number of nitrogens with zero attached hydrogens (tertiary/aromatic N) is 4. The Balaban J connectivity index is 1.59. The number of ether oxygens (including phenoxy) is 1. The number of halogens is 1. The zero-order chi connectivity index (χ0) is 19.0. The molecule has 27 heavy (non-hydrogen) atoms. The molecule has 4 rings (SSSR count). The standard InChI is InChI=1S/C17H16FN5O4/c18-13-5-11(23-8-12(6-19)26-17(23)25)1-2-14(13)22-4-3-10(7-22)16-20-15(9-24)27-21-16/h1-5,7,12,24H,6,8-9,19H2/t12-/m0/s1. The van der Waals surface area contributed by atoms with Crippen LogP contribution in [0.3, 0.4) is 0 Å². The Bertz CT molecular complexity index is 985. The predicted molar refractivity (Wildman–Crippen MR) is 91.6 cm³/mol. The first kappa shape index (κ1) is 17.2. The zero-order valence-electron chi connectivity index (χ0n) is 14.1. The summed E-state index contributed by atoms with van der Waals surface area (Å²) >= 11 is 0. The van der Waals surface area contributed by atoms with Gasteiger partial charge in [0.25, 0.3) is 5.89 Å². The maximum atomic E-state index is 14.7. The molecular formula is C17H16FN5O4. The van der Waals surface area contributed by atoms with E-state index in [1.807, 2.05) is 0 Å². The van der Waals surface area contributed by atoms with Crippen LogP contribution < -0.4 is 10.6 Å². The summed E-state index contributed by atoms with van der Waals surface area (Å²) in [7, 11) is 0. The van der Waals surface area contributed by atoms with E-state index in [0.29, 0.717) is 22.8 Å². The van der Waals surface area contributed by atoms with Crippen LogP contribution in [0.15, 0.2) is 41.2 Å². The third-order valence-electron chi connectivity index (χ3n) is 4.21. The van der Waals surface area contributed by atoms with Crippen LogP contribution >= 0.6 is 0 Å². The molecule has 140 valence electrons. The van der Waals surface area contributed by atoms with Crippen LogP contribution in [0.5, 0.6) is 0 Å². The first-order chi connectivity index (χ1) is 13.1. The SMILES string of the molecule is NC[C@H]1CN(c2ccc(-n3ccc(-c4noc(CO)n4)c3)c(F)c2)C(=O)O1. The third-order valence-corrected chi connectivity index (χ3v) is 4.21. The highest BCUT2D eigenvalue weighted by atomic mass is 19.1. The molecule has 3 aromatic rings. The van der Waals surface area contributed by atoms with Gasteiger partial charge >= 0.3 is 6.09 Å². The molecule has 1 aliphatic heterocycles. The summed E-state index contributed by atoms with van der Waals surface area (Å²) in [6.07, 6.45) is 2.35. The number of aliphatic hydroxyl groups excluding tert-OH is 1. The van der Waals surface area contributed by atoms with Crippen molar-refractivity contribution in [3.63, 3.8) is 0 Å². The number of carbonyl (C=O) groups is 1.